The van der Waals surface area contributed by atoms with Crippen molar-refractivity contribution in [3.63, 3.8) is 0 Å². The zero-order chi connectivity index (χ0) is 29.6. The van der Waals surface area contributed by atoms with Crippen molar-refractivity contribution in [1.82, 2.24) is 10.2 Å². The molecule has 3 aromatic rings. The maximum atomic E-state index is 14.0. The third-order valence-corrected chi connectivity index (χ3v) is 9.59. The van der Waals surface area contributed by atoms with Crippen molar-refractivity contribution in [3.05, 3.63) is 92.4 Å². The minimum absolute atomic E-state index is 0.0390. The molecule has 0 aliphatic rings. The minimum Gasteiger partial charge on any atom is -0.352 e. The minimum atomic E-state index is -4.15. The van der Waals surface area contributed by atoms with E-state index in [1.165, 1.54) is 17.0 Å². The number of anilines is 1. The average molecular weight is 669 g/mol. The molecule has 214 valence electrons. The summed E-state index contributed by atoms with van der Waals surface area (Å²) in [4.78, 5) is 28.5. The molecule has 1 N–H and O–H groups in total. The highest BCUT2D eigenvalue weighted by molar-refractivity contribution is 9.10. The Balaban J connectivity index is 2.06. The second-order valence-electron chi connectivity index (χ2n) is 9.52. The van der Waals surface area contributed by atoms with Gasteiger partial charge in [-0.2, -0.15) is 0 Å². The molecule has 11 heteroatoms. The Morgan fingerprint density at radius 2 is 1.52 bits per heavy atom. The van der Waals surface area contributed by atoms with Crippen LogP contribution in [0.4, 0.5) is 5.69 Å². The molecule has 0 fully saturated rings. The first kappa shape index (κ1) is 31.9. The van der Waals surface area contributed by atoms with Crippen LogP contribution in [0.3, 0.4) is 0 Å². The first-order valence-electron chi connectivity index (χ1n) is 12.7. The Kier molecular flexibility index (Phi) is 11.1. The van der Waals surface area contributed by atoms with Gasteiger partial charge in [0.1, 0.15) is 12.6 Å². The summed E-state index contributed by atoms with van der Waals surface area (Å²) in [5.41, 5.74) is 1.65. The molecule has 2 atom stereocenters. The number of amides is 2. The topological polar surface area (TPSA) is 86.8 Å². The quantitative estimate of drug-likeness (QED) is 0.250. The lowest BCUT2D eigenvalue weighted by Gasteiger charge is -2.33. The molecule has 40 heavy (non-hydrogen) atoms. The fourth-order valence-electron chi connectivity index (χ4n) is 3.88. The zero-order valence-electron chi connectivity index (χ0n) is 22.7. The van der Waals surface area contributed by atoms with Gasteiger partial charge in [-0.3, -0.25) is 13.9 Å². The number of aryl methyl sites for hydroxylation is 1. The SMILES string of the molecule is CC[C@@H](C)NC(=O)[C@@H](C)N(Cc1c(Cl)cccc1Cl)C(=O)CN(c1ccc(Br)cc1)S(=O)(=O)c1ccc(C)cc1. The predicted octanol–water partition coefficient (Wildman–Crippen LogP) is 6.59. The van der Waals surface area contributed by atoms with E-state index in [-0.39, 0.29) is 23.4 Å². The van der Waals surface area contributed by atoms with Crippen molar-refractivity contribution in [2.75, 3.05) is 10.8 Å². The zero-order valence-corrected chi connectivity index (χ0v) is 26.6. The Hall–Kier alpha value is -2.59. The summed E-state index contributed by atoms with van der Waals surface area (Å²) >= 11 is 16.2. The highest BCUT2D eigenvalue weighted by Gasteiger charge is 2.33. The smallest absolute Gasteiger partial charge is 0.264 e. The van der Waals surface area contributed by atoms with Crippen LogP contribution in [0.2, 0.25) is 10.0 Å². The lowest BCUT2D eigenvalue weighted by Crippen LogP contribution is -2.52. The molecule has 7 nitrogen and oxygen atoms in total. The number of rotatable bonds is 11. The number of halogens is 3. The summed E-state index contributed by atoms with van der Waals surface area (Å²) in [6.45, 7) is 6.61. The fraction of sp³-hybridized carbons (Fsp3) is 0.310. The second kappa shape index (κ2) is 13.9. The third-order valence-electron chi connectivity index (χ3n) is 6.56. The first-order valence-corrected chi connectivity index (χ1v) is 15.7. The molecule has 0 radical (unpaired) electrons. The molecule has 0 saturated heterocycles. The molecule has 0 heterocycles. The van der Waals surface area contributed by atoms with E-state index in [4.69, 9.17) is 23.2 Å². The Morgan fingerprint density at radius 3 is 2.08 bits per heavy atom. The first-order chi connectivity index (χ1) is 18.8. The predicted molar refractivity (Wildman–Crippen MR) is 164 cm³/mol. The lowest BCUT2D eigenvalue weighted by atomic mass is 10.1. The van der Waals surface area contributed by atoms with Crippen LogP contribution >= 0.6 is 39.1 Å². The van der Waals surface area contributed by atoms with Crippen LogP contribution in [-0.2, 0) is 26.2 Å². The maximum absolute atomic E-state index is 14.0. The van der Waals surface area contributed by atoms with Crippen LogP contribution in [0, 0.1) is 6.92 Å². The summed E-state index contributed by atoms with van der Waals surface area (Å²) in [7, 11) is -4.15. The maximum Gasteiger partial charge on any atom is 0.264 e. The highest BCUT2D eigenvalue weighted by atomic mass is 79.9. The van der Waals surface area contributed by atoms with Crippen LogP contribution < -0.4 is 9.62 Å². The van der Waals surface area contributed by atoms with Gasteiger partial charge in [0.05, 0.1) is 10.6 Å². The van der Waals surface area contributed by atoms with E-state index >= 15 is 0 Å². The number of benzene rings is 3. The number of carbonyl (C=O) groups is 2. The summed E-state index contributed by atoms with van der Waals surface area (Å²) in [5.74, 6) is -0.969. The van der Waals surface area contributed by atoms with Gasteiger partial charge in [0.2, 0.25) is 11.8 Å². The largest absolute Gasteiger partial charge is 0.352 e. The fourth-order valence-corrected chi connectivity index (χ4v) is 6.07. The van der Waals surface area contributed by atoms with E-state index in [1.54, 1.807) is 61.5 Å². The Bertz CT molecular complexity index is 1430. The van der Waals surface area contributed by atoms with Crippen molar-refractivity contribution in [3.8, 4) is 0 Å². The van der Waals surface area contributed by atoms with Crippen LogP contribution in [0.1, 0.15) is 38.3 Å². The molecule has 0 saturated carbocycles. The average Bonchev–Trinajstić information content (AvgIpc) is 2.91. The van der Waals surface area contributed by atoms with E-state index in [0.717, 1.165) is 14.3 Å². The summed E-state index contributed by atoms with van der Waals surface area (Å²) in [6, 6.07) is 16.9. The Morgan fingerprint density at radius 1 is 0.950 bits per heavy atom. The lowest BCUT2D eigenvalue weighted by molar-refractivity contribution is -0.139. The van der Waals surface area contributed by atoms with E-state index in [9.17, 15) is 18.0 Å². The van der Waals surface area contributed by atoms with Crippen LogP contribution in [0.25, 0.3) is 0 Å². The van der Waals surface area contributed by atoms with Crippen molar-refractivity contribution < 1.29 is 18.0 Å². The summed E-state index contributed by atoms with van der Waals surface area (Å²) in [6.07, 6.45) is 0.703. The third kappa shape index (κ3) is 7.78. The van der Waals surface area contributed by atoms with E-state index in [0.29, 0.717) is 27.7 Å². The van der Waals surface area contributed by atoms with Gasteiger partial charge in [0.25, 0.3) is 10.0 Å². The van der Waals surface area contributed by atoms with Gasteiger partial charge in [-0.25, -0.2) is 8.42 Å². The molecule has 3 rings (SSSR count). The molecule has 0 unspecified atom stereocenters. The van der Waals surface area contributed by atoms with Gasteiger partial charge in [0.15, 0.2) is 0 Å². The number of nitrogens with one attached hydrogen (secondary N) is 1. The molecule has 0 aliphatic heterocycles. The van der Waals surface area contributed by atoms with Gasteiger partial charge in [0, 0.05) is 32.7 Å². The molecule has 0 bridgehead atoms. The molecule has 0 aromatic heterocycles. The Labute approximate surface area is 254 Å². The standard InChI is InChI=1S/C29H32BrCl2N3O4S/c1-5-20(3)33-29(37)21(4)34(17-25-26(31)7-6-8-27(25)32)28(36)18-35(23-13-11-22(30)12-14-23)40(38,39)24-15-9-19(2)10-16-24/h6-16,20-21H,5,17-18H2,1-4H3,(H,33,37)/t20-,21-/m1/s1. The van der Waals surface area contributed by atoms with Crippen LogP contribution in [-0.4, -0.2) is 43.8 Å². The van der Waals surface area contributed by atoms with E-state index in [1.807, 2.05) is 20.8 Å². The summed E-state index contributed by atoms with van der Waals surface area (Å²) < 4.78 is 29.5. The van der Waals surface area contributed by atoms with Gasteiger partial charge in [-0.05, 0) is 75.7 Å². The van der Waals surface area contributed by atoms with E-state index in [2.05, 4.69) is 21.2 Å². The van der Waals surface area contributed by atoms with Gasteiger partial charge in [-0.1, -0.05) is 69.8 Å². The number of nitrogens with zero attached hydrogens (tertiary/aromatic N) is 2. The number of sulfonamides is 1. The number of hydrogen-bond donors (Lipinski definition) is 1. The van der Waals surface area contributed by atoms with Crippen molar-refractivity contribution in [1.29, 1.82) is 0 Å². The van der Waals surface area contributed by atoms with Crippen molar-refractivity contribution in [2.45, 2.75) is 57.6 Å². The van der Waals surface area contributed by atoms with Gasteiger partial charge >= 0.3 is 0 Å². The molecule has 0 aliphatic carbocycles. The normalized spacial score (nSPS) is 12.9. The molecule has 2 amide bonds. The number of hydrogen-bond acceptors (Lipinski definition) is 4. The van der Waals surface area contributed by atoms with Crippen molar-refractivity contribution >= 4 is 66.7 Å². The van der Waals surface area contributed by atoms with Crippen molar-refractivity contribution in [2.24, 2.45) is 0 Å². The van der Waals surface area contributed by atoms with Crippen LogP contribution in [0.15, 0.2) is 76.1 Å². The van der Waals surface area contributed by atoms with Crippen LogP contribution in [0.5, 0.6) is 0 Å². The molecule has 3 aromatic carbocycles. The van der Waals surface area contributed by atoms with Gasteiger partial charge < -0.3 is 10.2 Å². The molecule has 0 spiro atoms. The summed E-state index contributed by atoms with van der Waals surface area (Å²) in [5, 5.41) is 3.56. The molecular weight excluding hydrogens is 637 g/mol. The monoisotopic (exact) mass is 667 g/mol. The highest BCUT2D eigenvalue weighted by Crippen LogP contribution is 2.29. The number of carbonyl (C=O) groups excluding carboxylic acids is 2. The van der Waals surface area contributed by atoms with E-state index < -0.39 is 28.5 Å². The molecular formula is C29H32BrCl2N3O4S. The van der Waals surface area contributed by atoms with Gasteiger partial charge in [-0.15, -0.1) is 0 Å². The second-order valence-corrected chi connectivity index (χ2v) is 13.1.